The highest BCUT2D eigenvalue weighted by molar-refractivity contribution is 8.00. The average molecular weight is 296 g/mol. The number of hydrogen-bond acceptors (Lipinski definition) is 7. The van der Waals surface area contributed by atoms with E-state index in [0.717, 1.165) is 4.34 Å². The molecule has 1 amide bonds. The maximum Gasteiger partial charge on any atom is 0.269 e. The standard InChI is InChI=1S/C10H8N4O3S2/c1-18-10-13-12-9(19-10)11-8(15)6-2-4-7(5-3-6)14(16)17/h2-5H,1H3,(H,11,12,15). The van der Waals surface area contributed by atoms with Gasteiger partial charge in [-0.05, 0) is 18.4 Å². The number of amides is 1. The van der Waals surface area contributed by atoms with Crippen molar-refractivity contribution in [3.8, 4) is 0 Å². The second kappa shape index (κ2) is 5.76. The molecule has 0 radical (unpaired) electrons. The van der Waals surface area contributed by atoms with Crippen molar-refractivity contribution in [2.75, 3.05) is 11.6 Å². The number of hydrogen-bond donors (Lipinski definition) is 1. The number of carbonyl (C=O) groups is 1. The zero-order valence-electron chi connectivity index (χ0n) is 9.69. The van der Waals surface area contributed by atoms with Gasteiger partial charge in [0.15, 0.2) is 4.34 Å². The molecule has 0 unspecified atom stereocenters. The van der Waals surface area contributed by atoms with Gasteiger partial charge in [0.1, 0.15) is 0 Å². The van der Waals surface area contributed by atoms with Crippen LogP contribution in [-0.4, -0.2) is 27.3 Å². The molecule has 1 aromatic carbocycles. The molecule has 0 bridgehead atoms. The Morgan fingerprint density at radius 1 is 1.37 bits per heavy atom. The molecule has 2 rings (SSSR count). The van der Waals surface area contributed by atoms with Gasteiger partial charge in [-0.3, -0.25) is 20.2 Å². The Morgan fingerprint density at radius 3 is 2.58 bits per heavy atom. The van der Waals surface area contributed by atoms with Gasteiger partial charge in [0, 0.05) is 17.7 Å². The highest BCUT2D eigenvalue weighted by atomic mass is 32.2. The third kappa shape index (κ3) is 3.26. The Balaban J connectivity index is 2.09. The molecule has 7 nitrogen and oxygen atoms in total. The van der Waals surface area contributed by atoms with E-state index >= 15 is 0 Å². The summed E-state index contributed by atoms with van der Waals surface area (Å²) in [6.45, 7) is 0. The van der Waals surface area contributed by atoms with Crippen LogP contribution in [0.5, 0.6) is 0 Å². The van der Waals surface area contributed by atoms with Gasteiger partial charge in [0.25, 0.3) is 11.6 Å². The first-order valence-corrected chi connectivity index (χ1v) is 7.07. The Kier molecular flexibility index (Phi) is 4.07. The molecule has 1 heterocycles. The fraction of sp³-hybridized carbons (Fsp3) is 0.100. The lowest BCUT2D eigenvalue weighted by atomic mass is 10.2. The number of nitrogens with zero attached hydrogens (tertiary/aromatic N) is 3. The topological polar surface area (TPSA) is 98.0 Å². The van der Waals surface area contributed by atoms with Crippen molar-refractivity contribution in [2.45, 2.75) is 4.34 Å². The maximum absolute atomic E-state index is 11.8. The van der Waals surface area contributed by atoms with E-state index in [0.29, 0.717) is 10.7 Å². The molecule has 2 aromatic rings. The fourth-order valence-corrected chi connectivity index (χ4v) is 2.41. The largest absolute Gasteiger partial charge is 0.296 e. The van der Waals surface area contributed by atoms with E-state index in [1.807, 2.05) is 6.26 Å². The van der Waals surface area contributed by atoms with E-state index < -0.39 is 4.92 Å². The fourth-order valence-electron chi connectivity index (χ4n) is 1.25. The maximum atomic E-state index is 11.8. The minimum absolute atomic E-state index is 0.0582. The molecule has 1 aromatic heterocycles. The Morgan fingerprint density at radius 2 is 2.05 bits per heavy atom. The summed E-state index contributed by atoms with van der Waals surface area (Å²) in [7, 11) is 0. The highest BCUT2D eigenvalue weighted by Crippen LogP contribution is 2.23. The number of nitro groups is 1. The molecular weight excluding hydrogens is 288 g/mol. The predicted molar refractivity (Wildman–Crippen MR) is 72.7 cm³/mol. The van der Waals surface area contributed by atoms with E-state index in [2.05, 4.69) is 15.5 Å². The summed E-state index contributed by atoms with van der Waals surface area (Å²) in [5.74, 6) is -0.376. The van der Waals surface area contributed by atoms with Gasteiger partial charge in [-0.15, -0.1) is 10.2 Å². The van der Waals surface area contributed by atoms with Crippen LogP contribution >= 0.6 is 23.1 Å². The zero-order valence-corrected chi connectivity index (χ0v) is 11.3. The quantitative estimate of drug-likeness (QED) is 0.402. The summed E-state index contributed by atoms with van der Waals surface area (Å²) < 4.78 is 0.749. The molecule has 0 aliphatic rings. The van der Waals surface area contributed by atoms with Crippen molar-refractivity contribution in [2.24, 2.45) is 0 Å². The summed E-state index contributed by atoms with van der Waals surface area (Å²) in [5.41, 5.74) is 0.267. The van der Waals surface area contributed by atoms with Crippen LogP contribution in [0.3, 0.4) is 0 Å². The van der Waals surface area contributed by atoms with Crippen molar-refractivity contribution in [1.82, 2.24) is 10.2 Å². The van der Waals surface area contributed by atoms with Gasteiger partial charge < -0.3 is 0 Å². The van der Waals surface area contributed by atoms with Gasteiger partial charge in [-0.1, -0.05) is 23.1 Å². The van der Waals surface area contributed by atoms with Crippen LogP contribution in [0.4, 0.5) is 10.8 Å². The van der Waals surface area contributed by atoms with Crippen molar-refractivity contribution >= 4 is 39.8 Å². The molecule has 19 heavy (non-hydrogen) atoms. The Labute approximate surface area is 116 Å². The molecule has 0 saturated carbocycles. The molecule has 0 atom stereocenters. The number of nitrogens with one attached hydrogen (secondary N) is 1. The number of benzene rings is 1. The van der Waals surface area contributed by atoms with Crippen LogP contribution in [-0.2, 0) is 0 Å². The van der Waals surface area contributed by atoms with Crippen LogP contribution in [0.1, 0.15) is 10.4 Å². The van der Waals surface area contributed by atoms with Crippen molar-refractivity contribution in [3.05, 3.63) is 39.9 Å². The summed E-state index contributed by atoms with van der Waals surface area (Å²) >= 11 is 2.70. The molecule has 9 heteroatoms. The minimum Gasteiger partial charge on any atom is -0.296 e. The molecule has 0 aliphatic carbocycles. The Bertz CT molecular complexity index is 611. The molecular formula is C10H8N4O3S2. The number of aromatic nitrogens is 2. The van der Waals surface area contributed by atoms with Gasteiger partial charge in [-0.2, -0.15) is 0 Å². The van der Waals surface area contributed by atoms with Crippen molar-refractivity contribution in [1.29, 1.82) is 0 Å². The van der Waals surface area contributed by atoms with E-state index in [9.17, 15) is 14.9 Å². The van der Waals surface area contributed by atoms with E-state index in [-0.39, 0.29) is 11.6 Å². The van der Waals surface area contributed by atoms with Gasteiger partial charge in [0.05, 0.1) is 4.92 Å². The third-order valence-corrected chi connectivity index (χ3v) is 3.96. The number of anilines is 1. The smallest absolute Gasteiger partial charge is 0.269 e. The lowest BCUT2D eigenvalue weighted by Crippen LogP contribution is -2.11. The van der Waals surface area contributed by atoms with Crippen LogP contribution in [0, 0.1) is 10.1 Å². The zero-order chi connectivity index (χ0) is 13.8. The summed E-state index contributed by atoms with van der Waals surface area (Å²) in [6, 6.07) is 5.35. The first kappa shape index (κ1) is 13.4. The molecule has 0 spiro atoms. The van der Waals surface area contributed by atoms with Crippen LogP contribution in [0.2, 0.25) is 0 Å². The lowest BCUT2D eigenvalue weighted by Gasteiger charge is -2.00. The molecule has 98 valence electrons. The monoisotopic (exact) mass is 296 g/mol. The SMILES string of the molecule is CSc1nnc(NC(=O)c2ccc([N+](=O)[O-])cc2)s1. The van der Waals surface area contributed by atoms with Crippen LogP contribution in [0.15, 0.2) is 28.6 Å². The second-order valence-electron chi connectivity index (χ2n) is 3.34. The molecule has 0 saturated heterocycles. The first-order chi connectivity index (χ1) is 9.10. The van der Waals surface area contributed by atoms with Crippen LogP contribution in [0.25, 0.3) is 0 Å². The number of thioether (sulfide) groups is 1. The minimum atomic E-state index is -0.517. The summed E-state index contributed by atoms with van der Waals surface area (Å²) in [6.07, 6.45) is 1.86. The predicted octanol–water partition coefficient (Wildman–Crippen LogP) is 2.42. The number of carbonyl (C=O) groups excluding carboxylic acids is 1. The Hall–Kier alpha value is -2.00. The van der Waals surface area contributed by atoms with Gasteiger partial charge in [0.2, 0.25) is 5.13 Å². The number of rotatable bonds is 4. The summed E-state index contributed by atoms with van der Waals surface area (Å²) in [4.78, 5) is 21.8. The van der Waals surface area contributed by atoms with Crippen molar-refractivity contribution < 1.29 is 9.72 Å². The van der Waals surface area contributed by atoms with Gasteiger partial charge >= 0.3 is 0 Å². The number of nitro benzene ring substituents is 1. The third-order valence-electron chi connectivity index (χ3n) is 2.14. The molecule has 0 fully saturated rings. The van der Waals surface area contributed by atoms with E-state index in [1.165, 1.54) is 47.4 Å². The van der Waals surface area contributed by atoms with Crippen LogP contribution < -0.4 is 5.32 Å². The highest BCUT2D eigenvalue weighted by Gasteiger charge is 2.11. The molecule has 0 aliphatic heterocycles. The van der Waals surface area contributed by atoms with Crippen molar-refractivity contribution in [3.63, 3.8) is 0 Å². The van der Waals surface area contributed by atoms with E-state index in [1.54, 1.807) is 0 Å². The normalized spacial score (nSPS) is 10.2. The summed E-state index contributed by atoms with van der Waals surface area (Å²) in [5, 5.41) is 21.1. The first-order valence-electron chi connectivity index (χ1n) is 5.03. The average Bonchev–Trinajstić information content (AvgIpc) is 2.86. The lowest BCUT2D eigenvalue weighted by molar-refractivity contribution is -0.384. The second-order valence-corrected chi connectivity index (χ2v) is 5.37. The van der Waals surface area contributed by atoms with E-state index in [4.69, 9.17) is 0 Å². The molecule has 1 N–H and O–H groups in total. The number of non-ortho nitro benzene ring substituents is 1. The van der Waals surface area contributed by atoms with Gasteiger partial charge in [-0.25, -0.2) is 0 Å².